The molecule has 3 nitrogen and oxygen atoms in total. The largest absolute Gasteiger partial charge is 0.271 e. The number of hydrazine groups is 1. The van der Waals surface area contributed by atoms with E-state index in [0.717, 1.165) is 17.8 Å². The highest BCUT2D eigenvalue weighted by Crippen LogP contribution is 2.24. The van der Waals surface area contributed by atoms with Crippen molar-refractivity contribution < 1.29 is 0 Å². The molecule has 0 aliphatic heterocycles. The molecule has 0 saturated carbocycles. The number of hydrogen-bond acceptors (Lipinski definition) is 3. The molecule has 0 aliphatic carbocycles. The van der Waals surface area contributed by atoms with Crippen LogP contribution in [0.5, 0.6) is 0 Å². The maximum Gasteiger partial charge on any atom is 0.0463 e. The zero-order valence-corrected chi connectivity index (χ0v) is 11.5. The molecule has 17 heavy (non-hydrogen) atoms. The van der Waals surface area contributed by atoms with Crippen LogP contribution in [0.4, 0.5) is 0 Å². The van der Waals surface area contributed by atoms with E-state index in [1.54, 1.807) is 0 Å². The molecule has 1 aromatic rings. The Bertz CT molecular complexity index is 329. The normalized spacial score (nSPS) is 14.6. The van der Waals surface area contributed by atoms with Crippen LogP contribution in [0.1, 0.15) is 56.1 Å². The highest BCUT2D eigenvalue weighted by molar-refractivity contribution is 5.23. The molecule has 0 spiro atoms. The second kappa shape index (κ2) is 6.72. The fourth-order valence-corrected chi connectivity index (χ4v) is 2.38. The zero-order chi connectivity index (χ0) is 12.8. The maximum absolute atomic E-state index is 5.68. The molecule has 0 saturated heterocycles. The molecule has 1 heterocycles. The van der Waals surface area contributed by atoms with Gasteiger partial charge < -0.3 is 0 Å². The van der Waals surface area contributed by atoms with Crippen LogP contribution < -0.4 is 11.3 Å². The van der Waals surface area contributed by atoms with E-state index in [1.165, 1.54) is 18.4 Å². The highest BCUT2D eigenvalue weighted by atomic mass is 15.2. The Morgan fingerprint density at radius 3 is 2.35 bits per heavy atom. The smallest absolute Gasteiger partial charge is 0.0463 e. The average molecular weight is 235 g/mol. The van der Waals surface area contributed by atoms with E-state index in [1.807, 2.05) is 13.8 Å². The summed E-state index contributed by atoms with van der Waals surface area (Å²) >= 11 is 0. The van der Waals surface area contributed by atoms with E-state index in [9.17, 15) is 0 Å². The van der Waals surface area contributed by atoms with Crippen molar-refractivity contribution in [2.75, 3.05) is 0 Å². The van der Waals surface area contributed by atoms with Gasteiger partial charge >= 0.3 is 0 Å². The first kappa shape index (κ1) is 14.1. The Labute approximate surface area is 105 Å². The van der Waals surface area contributed by atoms with Gasteiger partial charge in [0.2, 0.25) is 0 Å². The number of nitrogens with zero attached hydrogens (tertiary/aromatic N) is 1. The van der Waals surface area contributed by atoms with E-state index < -0.39 is 0 Å². The quantitative estimate of drug-likeness (QED) is 0.588. The third-order valence-corrected chi connectivity index (χ3v) is 3.13. The highest BCUT2D eigenvalue weighted by Gasteiger charge is 2.14. The summed E-state index contributed by atoms with van der Waals surface area (Å²) in [7, 11) is 0. The van der Waals surface area contributed by atoms with Crippen molar-refractivity contribution in [1.29, 1.82) is 0 Å². The lowest BCUT2D eigenvalue weighted by atomic mass is 9.93. The molecule has 1 aromatic heterocycles. The van der Waals surface area contributed by atoms with Gasteiger partial charge in [0.05, 0.1) is 0 Å². The van der Waals surface area contributed by atoms with Crippen LogP contribution >= 0.6 is 0 Å². The standard InChI is InChI=1S/C14H25N3/c1-5-6-10(2)7-14(17-15)13-8-11(3)16-12(4)9-13/h8-10,14,17H,5-7,15H2,1-4H3. The Morgan fingerprint density at radius 1 is 1.29 bits per heavy atom. The molecule has 0 amide bonds. The van der Waals surface area contributed by atoms with Crippen LogP contribution in [0.2, 0.25) is 0 Å². The molecule has 0 aromatic carbocycles. The molecule has 2 atom stereocenters. The molecule has 0 radical (unpaired) electrons. The molecule has 2 unspecified atom stereocenters. The maximum atomic E-state index is 5.68. The average Bonchev–Trinajstić information content (AvgIpc) is 2.24. The van der Waals surface area contributed by atoms with Crippen LogP contribution in [0, 0.1) is 19.8 Å². The number of aromatic nitrogens is 1. The van der Waals surface area contributed by atoms with Gasteiger partial charge in [-0.05, 0) is 43.9 Å². The second-order valence-corrected chi connectivity index (χ2v) is 5.03. The molecular formula is C14H25N3. The molecule has 1 rings (SSSR count). The zero-order valence-electron chi connectivity index (χ0n) is 11.5. The van der Waals surface area contributed by atoms with Gasteiger partial charge in [0.1, 0.15) is 0 Å². The second-order valence-electron chi connectivity index (χ2n) is 5.03. The summed E-state index contributed by atoms with van der Waals surface area (Å²) in [5.41, 5.74) is 6.30. The summed E-state index contributed by atoms with van der Waals surface area (Å²) in [6.07, 6.45) is 3.56. The van der Waals surface area contributed by atoms with Gasteiger partial charge in [-0.15, -0.1) is 0 Å². The fourth-order valence-electron chi connectivity index (χ4n) is 2.38. The molecule has 0 bridgehead atoms. The number of nitrogens with one attached hydrogen (secondary N) is 1. The van der Waals surface area contributed by atoms with Crippen LogP contribution in [0.25, 0.3) is 0 Å². The van der Waals surface area contributed by atoms with Crippen molar-refractivity contribution in [2.24, 2.45) is 11.8 Å². The van der Waals surface area contributed by atoms with Crippen molar-refractivity contribution >= 4 is 0 Å². The summed E-state index contributed by atoms with van der Waals surface area (Å²) in [6.45, 7) is 8.57. The topological polar surface area (TPSA) is 50.9 Å². The van der Waals surface area contributed by atoms with Crippen molar-refractivity contribution in [3.8, 4) is 0 Å². The lowest BCUT2D eigenvalue weighted by molar-refractivity contribution is 0.394. The summed E-state index contributed by atoms with van der Waals surface area (Å²) < 4.78 is 0. The molecule has 0 aliphatic rings. The minimum atomic E-state index is 0.233. The Kier molecular flexibility index (Phi) is 5.59. The molecule has 3 heteroatoms. The summed E-state index contributed by atoms with van der Waals surface area (Å²) in [6, 6.07) is 4.48. The van der Waals surface area contributed by atoms with E-state index in [-0.39, 0.29) is 6.04 Å². The molecule has 3 N–H and O–H groups in total. The number of pyridine rings is 1. The molecule has 96 valence electrons. The predicted molar refractivity (Wildman–Crippen MR) is 72.5 cm³/mol. The van der Waals surface area contributed by atoms with Crippen LogP contribution in [-0.2, 0) is 0 Å². The van der Waals surface area contributed by atoms with Crippen molar-refractivity contribution in [3.63, 3.8) is 0 Å². The fraction of sp³-hybridized carbons (Fsp3) is 0.643. The van der Waals surface area contributed by atoms with Gasteiger partial charge in [0, 0.05) is 17.4 Å². The van der Waals surface area contributed by atoms with E-state index in [0.29, 0.717) is 5.92 Å². The van der Waals surface area contributed by atoms with Crippen molar-refractivity contribution in [3.05, 3.63) is 29.1 Å². The van der Waals surface area contributed by atoms with Crippen molar-refractivity contribution in [1.82, 2.24) is 10.4 Å². The Morgan fingerprint density at radius 2 is 1.88 bits per heavy atom. The third-order valence-electron chi connectivity index (χ3n) is 3.13. The van der Waals surface area contributed by atoms with Crippen LogP contribution in [0.3, 0.4) is 0 Å². The van der Waals surface area contributed by atoms with Gasteiger partial charge in [-0.3, -0.25) is 16.3 Å². The number of rotatable bonds is 6. The van der Waals surface area contributed by atoms with Crippen LogP contribution in [0.15, 0.2) is 12.1 Å². The molecule has 0 fully saturated rings. The SMILES string of the molecule is CCCC(C)CC(NN)c1cc(C)nc(C)c1. The van der Waals surface area contributed by atoms with Gasteiger partial charge in [0.15, 0.2) is 0 Å². The summed E-state index contributed by atoms with van der Waals surface area (Å²) in [4.78, 5) is 4.40. The Hall–Kier alpha value is -0.930. The predicted octanol–water partition coefficient (Wildman–Crippen LogP) is 3.03. The monoisotopic (exact) mass is 235 g/mol. The Balaban J connectivity index is 2.78. The minimum Gasteiger partial charge on any atom is -0.271 e. The van der Waals surface area contributed by atoms with E-state index in [4.69, 9.17) is 5.84 Å². The molecular weight excluding hydrogens is 210 g/mol. The first-order chi connectivity index (χ1) is 8.06. The van der Waals surface area contributed by atoms with Crippen molar-refractivity contribution in [2.45, 2.75) is 53.0 Å². The van der Waals surface area contributed by atoms with E-state index >= 15 is 0 Å². The number of aryl methyl sites for hydroxylation is 2. The van der Waals surface area contributed by atoms with Gasteiger partial charge in [-0.1, -0.05) is 26.7 Å². The van der Waals surface area contributed by atoms with Gasteiger partial charge in [0.25, 0.3) is 0 Å². The number of nitrogens with two attached hydrogens (primary N) is 1. The van der Waals surface area contributed by atoms with E-state index in [2.05, 4.69) is 36.4 Å². The first-order valence-corrected chi connectivity index (χ1v) is 6.48. The lowest BCUT2D eigenvalue weighted by Gasteiger charge is -2.21. The van der Waals surface area contributed by atoms with Gasteiger partial charge in [-0.25, -0.2) is 0 Å². The summed E-state index contributed by atoms with van der Waals surface area (Å²) in [5.74, 6) is 6.37. The number of hydrogen-bond donors (Lipinski definition) is 2. The van der Waals surface area contributed by atoms with Gasteiger partial charge in [-0.2, -0.15) is 0 Å². The van der Waals surface area contributed by atoms with Crippen LogP contribution in [-0.4, -0.2) is 4.98 Å². The first-order valence-electron chi connectivity index (χ1n) is 6.48. The summed E-state index contributed by atoms with van der Waals surface area (Å²) in [5, 5.41) is 0. The lowest BCUT2D eigenvalue weighted by Crippen LogP contribution is -2.29. The third kappa shape index (κ3) is 4.44. The minimum absolute atomic E-state index is 0.233.